The lowest BCUT2D eigenvalue weighted by Crippen LogP contribution is -2.51. The zero-order chi connectivity index (χ0) is 45.3. The summed E-state index contributed by atoms with van der Waals surface area (Å²) < 4.78 is 24.0. The Morgan fingerprint density at radius 3 is 2.08 bits per heavy atom. The molecule has 0 heterocycles. The van der Waals surface area contributed by atoms with Gasteiger partial charge in [-0.25, -0.2) is 4.79 Å². The van der Waals surface area contributed by atoms with Gasteiger partial charge in [-0.15, -0.1) is 0 Å². The van der Waals surface area contributed by atoms with E-state index in [1.165, 1.54) is 51.4 Å². The summed E-state index contributed by atoms with van der Waals surface area (Å²) in [5, 5.41) is 14.1. The first-order valence-electron chi connectivity index (χ1n) is 25.2. The van der Waals surface area contributed by atoms with Crippen LogP contribution in [0.25, 0.3) is 0 Å². The number of rotatable bonds is 21. The van der Waals surface area contributed by atoms with Gasteiger partial charge in [0.15, 0.2) is 0 Å². The van der Waals surface area contributed by atoms with Crippen LogP contribution in [0.5, 0.6) is 11.5 Å². The molecule has 0 radical (unpaired) electrons. The van der Waals surface area contributed by atoms with E-state index in [9.17, 15) is 9.90 Å². The van der Waals surface area contributed by atoms with Crippen LogP contribution < -0.4 is 14.8 Å². The molecule has 4 aliphatic carbocycles. The molecule has 5 unspecified atom stereocenters. The van der Waals surface area contributed by atoms with Gasteiger partial charge in [-0.2, -0.15) is 0 Å². The van der Waals surface area contributed by atoms with Crippen molar-refractivity contribution in [2.45, 2.75) is 155 Å². The van der Waals surface area contributed by atoms with E-state index in [2.05, 4.69) is 58.1 Å². The van der Waals surface area contributed by atoms with Gasteiger partial charge in [0.1, 0.15) is 23.2 Å². The molecule has 0 bridgehead atoms. The molecule has 7 nitrogen and oxygen atoms in total. The maximum absolute atomic E-state index is 13.0. The molecule has 0 spiro atoms. The number of nitrogens with one attached hydrogen (secondary N) is 1. The monoisotopic (exact) mass is 876 g/mol. The Hall–Kier alpha value is -3.81. The molecule has 9 atom stereocenters. The maximum Gasteiger partial charge on any atom is 0.407 e. The Balaban J connectivity index is 0.841. The molecule has 64 heavy (non-hydrogen) atoms. The van der Waals surface area contributed by atoms with E-state index in [1.54, 1.807) is 19.8 Å². The molecule has 1 amide bonds. The fourth-order valence-corrected chi connectivity index (χ4v) is 13.4. The van der Waals surface area contributed by atoms with E-state index in [4.69, 9.17) is 18.9 Å². The van der Waals surface area contributed by atoms with Crippen molar-refractivity contribution in [1.29, 1.82) is 0 Å². The number of aliphatic hydroxyl groups excluding tert-OH is 1. The second kappa shape index (κ2) is 21.7. The smallest absolute Gasteiger partial charge is 0.407 e. The van der Waals surface area contributed by atoms with Crippen LogP contribution >= 0.6 is 0 Å². The van der Waals surface area contributed by atoms with Gasteiger partial charge in [0.05, 0.1) is 26.9 Å². The van der Waals surface area contributed by atoms with Crippen LogP contribution in [0.3, 0.4) is 0 Å². The van der Waals surface area contributed by atoms with Crippen LogP contribution in [-0.2, 0) is 15.1 Å². The molecule has 0 saturated heterocycles. The first kappa shape index (κ1) is 48.1. The predicted octanol–water partition coefficient (Wildman–Crippen LogP) is 13.5. The van der Waals surface area contributed by atoms with E-state index in [0.29, 0.717) is 31.4 Å². The van der Waals surface area contributed by atoms with Gasteiger partial charge in [0.2, 0.25) is 0 Å². The largest absolute Gasteiger partial charge is 0.497 e. The molecule has 0 aromatic heterocycles. The highest BCUT2D eigenvalue weighted by atomic mass is 16.6. The fourth-order valence-electron chi connectivity index (χ4n) is 13.4. The summed E-state index contributed by atoms with van der Waals surface area (Å²) in [7, 11) is 3.34. The highest BCUT2D eigenvalue weighted by Gasteiger charge is 2.59. The number of benzene rings is 3. The van der Waals surface area contributed by atoms with E-state index in [1.807, 2.05) is 66.7 Å². The Morgan fingerprint density at radius 2 is 1.42 bits per heavy atom. The van der Waals surface area contributed by atoms with Gasteiger partial charge in [0.25, 0.3) is 0 Å². The van der Waals surface area contributed by atoms with Crippen molar-refractivity contribution >= 4 is 6.09 Å². The van der Waals surface area contributed by atoms with Gasteiger partial charge < -0.3 is 29.4 Å². The molecule has 3 aromatic rings. The number of carbonyl (C=O) groups is 1. The average molecular weight is 876 g/mol. The topological polar surface area (TPSA) is 86.2 Å². The van der Waals surface area contributed by atoms with E-state index >= 15 is 0 Å². The number of ether oxygens (including phenoxy) is 4. The highest BCUT2D eigenvalue weighted by Crippen LogP contribution is 2.67. The van der Waals surface area contributed by atoms with Crippen molar-refractivity contribution < 1.29 is 28.8 Å². The molecule has 7 heteroatoms. The number of allylic oxidation sites excluding steroid dienone is 1. The van der Waals surface area contributed by atoms with Gasteiger partial charge in [0, 0.05) is 13.0 Å². The average Bonchev–Trinajstić information content (AvgIpc) is 3.67. The van der Waals surface area contributed by atoms with E-state index in [-0.39, 0.29) is 17.6 Å². The third-order valence-corrected chi connectivity index (χ3v) is 17.0. The minimum absolute atomic E-state index is 0.0419. The Kier molecular flexibility index (Phi) is 16.3. The molecule has 4 aliphatic rings. The third-order valence-electron chi connectivity index (χ3n) is 17.0. The number of aliphatic hydroxyl groups is 1. The molecule has 0 aliphatic heterocycles. The summed E-state index contributed by atoms with van der Waals surface area (Å²) in [6, 6.07) is 26.3. The maximum atomic E-state index is 13.0. The van der Waals surface area contributed by atoms with Crippen molar-refractivity contribution in [2.24, 2.45) is 46.3 Å². The molecule has 7 rings (SSSR count). The van der Waals surface area contributed by atoms with Gasteiger partial charge in [-0.3, -0.25) is 0 Å². The number of fused-ring (bicyclic) bond motifs is 5. The molecule has 3 fully saturated rings. The number of unbranched alkanes of at least 4 members (excludes halogenated alkanes) is 2. The minimum Gasteiger partial charge on any atom is -0.497 e. The lowest BCUT2D eigenvalue weighted by Gasteiger charge is -2.58. The van der Waals surface area contributed by atoms with Crippen LogP contribution in [0, 0.1) is 46.3 Å². The molecule has 350 valence electrons. The van der Waals surface area contributed by atoms with Gasteiger partial charge in [-0.1, -0.05) is 133 Å². The summed E-state index contributed by atoms with van der Waals surface area (Å²) in [6.45, 7) is 13.5. The molecule has 2 N–H and O–H groups in total. The number of hydrogen-bond acceptors (Lipinski definition) is 6. The first-order chi connectivity index (χ1) is 30.9. The second-order valence-electron chi connectivity index (χ2n) is 21.1. The predicted molar refractivity (Wildman–Crippen MR) is 259 cm³/mol. The number of amides is 1. The quantitative estimate of drug-likeness (QED) is 0.0630. The van der Waals surface area contributed by atoms with Crippen LogP contribution in [0.1, 0.15) is 154 Å². The van der Waals surface area contributed by atoms with Gasteiger partial charge >= 0.3 is 6.09 Å². The summed E-state index contributed by atoms with van der Waals surface area (Å²) >= 11 is 0. The second-order valence-corrected chi connectivity index (χ2v) is 21.1. The number of alkyl carbamates (subject to hydrolysis) is 1. The van der Waals surface area contributed by atoms with E-state index in [0.717, 1.165) is 102 Å². The summed E-state index contributed by atoms with van der Waals surface area (Å²) in [5.41, 5.74) is 4.34. The summed E-state index contributed by atoms with van der Waals surface area (Å²) in [6.07, 6.45) is 19.5. The van der Waals surface area contributed by atoms with Crippen molar-refractivity contribution in [3.05, 3.63) is 107 Å². The lowest BCUT2D eigenvalue weighted by molar-refractivity contribution is -0.0581. The zero-order valence-corrected chi connectivity index (χ0v) is 40.4. The Labute approximate surface area is 386 Å². The standard InChI is InChI=1S/C57H81NO6/c1-40(2)15-14-16-41(3)51-30-31-52-50-29-24-45-39-49(32-35-55(45,4)53(50)33-36-56(51,52)5)64-54(60)58-37-13-9-12-19-46(59)34-38-63-57(42-17-10-8-11-18-42,43-20-25-47(61-6)26-21-43)44-22-27-48(62-7)28-23-44/h8,10-11,17-18,20-28,40-41,46,49-53,59H,9,12-16,19,29-39H2,1-7H3,(H,58,60)/t41-,46?,49?,50?,51-,52?,53?,55+,56-/m1/s1. The van der Waals surface area contributed by atoms with Crippen molar-refractivity contribution in [3.63, 3.8) is 0 Å². The minimum atomic E-state index is -0.906. The number of hydrogen-bond donors (Lipinski definition) is 2. The first-order valence-corrected chi connectivity index (χ1v) is 25.2. The molecule has 3 aromatic carbocycles. The van der Waals surface area contributed by atoms with Crippen LogP contribution in [0.2, 0.25) is 0 Å². The van der Waals surface area contributed by atoms with Crippen LogP contribution in [0.15, 0.2) is 90.5 Å². The molecular weight excluding hydrogens is 795 g/mol. The zero-order valence-electron chi connectivity index (χ0n) is 40.4. The lowest BCUT2D eigenvalue weighted by atomic mass is 9.47. The number of methoxy groups -OCH3 is 2. The summed E-state index contributed by atoms with van der Waals surface area (Å²) in [5.74, 6) is 6.51. The SMILES string of the molecule is COc1ccc(C(OCCC(O)CCCCCNC(=O)OC2CC[C@@]3(C)C(=CCC4C3CC[C@@]3(C)C4CC[C@@H]3[C@H](C)CCCC(C)C)C2)(c2ccccc2)c2ccc(OC)cc2)cc1. The normalized spacial score (nSPS) is 27.4. The van der Waals surface area contributed by atoms with Crippen molar-refractivity contribution in [2.75, 3.05) is 27.4 Å². The molecule has 3 saturated carbocycles. The van der Waals surface area contributed by atoms with Crippen LogP contribution in [-0.4, -0.2) is 50.8 Å². The molecular formula is C57H81NO6. The number of carbonyl (C=O) groups excluding carboxylic acids is 1. The Morgan fingerprint density at radius 1 is 0.750 bits per heavy atom. The van der Waals surface area contributed by atoms with Crippen LogP contribution in [0.4, 0.5) is 4.79 Å². The Bertz CT molecular complexity index is 1900. The fraction of sp³-hybridized carbons (Fsp3) is 0.632. The van der Waals surface area contributed by atoms with Gasteiger partial charge in [-0.05, 0) is 152 Å². The van der Waals surface area contributed by atoms with Crippen molar-refractivity contribution in [3.8, 4) is 11.5 Å². The third kappa shape index (κ3) is 10.6. The highest BCUT2D eigenvalue weighted by molar-refractivity contribution is 5.67. The van der Waals surface area contributed by atoms with Crippen molar-refractivity contribution in [1.82, 2.24) is 5.32 Å². The van der Waals surface area contributed by atoms with E-state index < -0.39 is 11.7 Å². The summed E-state index contributed by atoms with van der Waals surface area (Å²) in [4.78, 5) is 13.0.